The molecular weight excluding hydrogens is 324 g/mol. The van der Waals surface area contributed by atoms with Crippen LogP contribution in [0.25, 0.3) is 0 Å². The van der Waals surface area contributed by atoms with Crippen LogP contribution in [-0.4, -0.2) is 94.4 Å². The molecule has 0 bridgehead atoms. The predicted molar refractivity (Wildman–Crippen MR) is 111 cm³/mol. The van der Waals surface area contributed by atoms with Gasteiger partial charge in [-0.3, -0.25) is 14.7 Å². The van der Waals surface area contributed by atoms with Crippen LogP contribution in [0.3, 0.4) is 0 Å². The monoisotopic (exact) mass is 368 g/mol. The van der Waals surface area contributed by atoms with Crippen molar-refractivity contribution in [2.45, 2.75) is 104 Å². The fraction of sp³-hybridized carbons (Fsp3) is 1.00. The second-order valence-corrected chi connectivity index (χ2v) is 9.94. The Balaban J connectivity index is 1.88. The van der Waals surface area contributed by atoms with Gasteiger partial charge >= 0.3 is 0 Å². The van der Waals surface area contributed by atoms with Crippen LogP contribution in [-0.2, 0) is 0 Å². The van der Waals surface area contributed by atoms with Crippen LogP contribution in [0.4, 0.5) is 0 Å². The van der Waals surface area contributed by atoms with Crippen LogP contribution >= 0.6 is 0 Å². The molecule has 0 aliphatic carbocycles. The minimum Gasteiger partial charge on any atom is -0.390 e. The number of aliphatic hydroxyl groups is 1. The number of hydrogen-bond acceptors (Lipinski definition) is 5. The molecule has 2 saturated heterocycles. The summed E-state index contributed by atoms with van der Waals surface area (Å²) in [4.78, 5) is 7.65. The normalized spacial score (nSPS) is 31.3. The highest BCUT2D eigenvalue weighted by molar-refractivity contribution is 4.96. The van der Waals surface area contributed by atoms with Crippen LogP contribution in [0.2, 0.25) is 0 Å². The lowest BCUT2D eigenvalue weighted by molar-refractivity contribution is -0.00883. The maximum absolute atomic E-state index is 10.4. The third-order valence-corrected chi connectivity index (χ3v) is 6.52. The summed E-state index contributed by atoms with van der Waals surface area (Å²) in [6.45, 7) is 23.7. The van der Waals surface area contributed by atoms with E-state index in [9.17, 15) is 5.11 Å². The van der Waals surface area contributed by atoms with Gasteiger partial charge in [-0.15, -0.1) is 0 Å². The smallest absolute Gasteiger partial charge is 0.0832 e. The van der Waals surface area contributed by atoms with Crippen molar-refractivity contribution >= 4 is 0 Å². The number of nitrogens with one attached hydrogen (secondary N) is 1. The summed E-state index contributed by atoms with van der Waals surface area (Å²) >= 11 is 0. The molecule has 4 atom stereocenters. The van der Waals surface area contributed by atoms with Crippen LogP contribution in [0.1, 0.15) is 61.8 Å². The van der Waals surface area contributed by atoms with E-state index in [1.807, 2.05) is 0 Å². The second-order valence-electron chi connectivity index (χ2n) is 9.94. The summed E-state index contributed by atoms with van der Waals surface area (Å²) in [7, 11) is 0. The van der Waals surface area contributed by atoms with Crippen molar-refractivity contribution in [3.05, 3.63) is 0 Å². The molecule has 5 nitrogen and oxygen atoms in total. The lowest BCUT2D eigenvalue weighted by Gasteiger charge is -2.50. The van der Waals surface area contributed by atoms with Crippen molar-refractivity contribution in [3.63, 3.8) is 0 Å². The van der Waals surface area contributed by atoms with E-state index in [4.69, 9.17) is 0 Å². The number of rotatable bonds is 7. The fourth-order valence-corrected chi connectivity index (χ4v) is 5.05. The highest BCUT2D eigenvalue weighted by atomic mass is 16.3. The number of likely N-dealkylation sites (tertiary alicyclic amines) is 1. The molecule has 0 radical (unpaired) electrons. The van der Waals surface area contributed by atoms with Gasteiger partial charge in [0.25, 0.3) is 0 Å². The van der Waals surface area contributed by atoms with Crippen LogP contribution in [0.5, 0.6) is 0 Å². The van der Waals surface area contributed by atoms with Gasteiger partial charge in [0.15, 0.2) is 0 Å². The van der Waals surface area contributed by atoms with Crippen molar-refractivity contribution in [2.24, 2.45) is 0 Å². The maximum Gasteiger partial charge on any atom is 0.0832 e. The lowest BCUT2D eigenvalue weighted by Crippen LogP contribution is -2.61. The van der Waals surface area contributed by atoms with Gasteiger partial charge in [0.2, 0.25) is 0 Å². The van der Waals surface area contributed by atoms with Gasteiger partial charge in [-0.2, -0.15) is 0 Å². The Morgan fingerprint density at radius 3 is 2.08 bits per heavy atom. The third-order valence-electron chi connectivity index (χ3n) is 6.52. The van der Waals surface area contributed by atoms with Crippen molar-refractivity contribution in [1.82, 2.24) is 20.0 Å². The van der Waals surface area contributed by atoms with Gasteiger partial charge in [-0.1, -0.05) is 0 Å². The lowest BCUT2D eigenvalue weighted by atomic mass is 9.90. The van der Waals surface area contributed by atoms with E-state index in [2.05, 4.69) is 75.4 Å². The Morgan fingerprint density at radius 2 is 1.58 bits per heavy atom. The van der Waals surface area contributed by atoms with Gasteiger partial charge in [0.05, 0.1) is 6.10 Å². The number of piperazine rings is 1. The van der Waals surface area contributed by atoms with Gasteiger partial charge in [0, 0.05) is 68.5 Å². The highest BCUT2D eigenvalue weighted by Crippen LogP contribution is 2.27. The summed E-state index contributed by atoms with van der Waals surface area (Å²) in [6, 6.07) is 2.31. The average Bonchev–Trinajstić information content (AvgIpc) is 2.87. The van der Waals surface area contributed by atoms with Gasteiger partial charge in [-0.25, -0.2) is 0 Å². The molecule has 0 spiro atoms. The van der Waals surface area contributed by atoms with Crippen molar-refractivity contribution in [1.29, 1.82) is 0 Å². The molecular formula is C21H44N4O. The molecule has 0 aromatic carbocycles. The first-order chi connectivity index (χ1) is 12.0. The average molecular weight is 369 g/mol. The molecule has 2 aliphatic heterocycles. The minimum absolute atomic E-state index is 0.163. The summed E-state index contributed by atoms with van der Waals surface area (Å²) in [5.74, 6) is 0. The molecule has 0 aromatic rings. The zero-order valence-corrected chi connectivity index (χ0v) is 18.5. The van der Waals surface area contributed by atoms with Gasteiger partial charge < -0.3 is 10.4 Å². The van der Waals surface area contributed by atoms with E-state index in [0.29, 0.717) is 24.2 Å². The SMILES string of the molecule is CC(CC(C)(C)N1CCN(C(C)C)CC1C)NC1CN(C(C)C)CC1O. The molecule has 0 aromatic heterocycles. The van der Waals surface area contributed by atoms with Crippen LogP contribution < -0.4 is 5.32 Å². The topological polar surface area (TPSA) is 42.0 Å². The first-order valence-corrected chi connectivity index (χ1v) is 10.7. The zero-order valence-electron chi connectivity index (χ0n) is 18.5. The minimum atomic E-state index is -0.253. The number of hydrogen-bond donors (Lipinski definition) is 2. The summed E-state index contributed by atoms with van der Waals surface area (Å²) in [5, 5.41) is 14.1. The van der Waals surface area contributed by atoms with Crippen LogP contribution in [0, 0.1) is 0 Å². The Morgan fingerprint density at radius 1 is 0.962 bits per heavy atom. The molecule has 154 valence electrons. The van der Waals surface area contributed by atoms with E-state index in [0.717, 1.165) is 39.1 Å². The van der Waals surface area contributed by atoms with Gasteiger partial charge in [0.1, 0.15) is 0 Å². The summed E-state index contributed by atoms with van der Waals surface area (Å²) < 4.78 is 0. The van der Waals surface area contributed by atoms with Crippen LogP contribution in [0.15, 0.2) is 0 Å². The first-order valence-electron chi connectivity index (χ1n) is 10.7. The molecule has 2 N–H and O–H groups in total. The van der Waals surface area contributed by atoms with E-state index in [-0.39, 0.29) is 17.7 Å². The Kier molecular flexibility index (Phi) is 7.54. The number of nitrogens with zero attached hydrogens (tertiary/aromatic N) is 3. The van der Waals surface area contributed by atoms with Gasteiger partial charge in [-0.05, 0) is 61.8 Å². The highest BCUT2D eigenvalue weighted by Gasteiger charge is 2.38. The molecule has 4 unspecified atom stereocenters. The quantitative estimate of drug-likeness (QED) is 0.719. The van der Waals surface area contributed by atoms with E-state index in [1.54, 1.807) is 0 Å². The largest absolute Gasteiger partial charge is 0.390 e. The molecule has 2 heterocycles. The molecule has 0 amide bonds. The van der Waals surface area contributed by atoms with Crippen molar-refractivity contribution in [3.8, 4) is 0 Å². The van der Waals surface area contributed by atoms with Crippen molar-refractivity contribution < 1.29 is 5.11 Å². The van der Waals surface area contributed by atoms with E-state index < -0.39 is 0 Å². The zero-order chi connectivity index (χ0) is 19.6. The first kappa shape index (κ1) is 22.1. The molecule has 2 rings (SSSR count). The van der Waals surface area contributed by atoms with Crippen molar-refractivity contribution in [2.75, 3.05) is 32.7 Å². The molecule has 5 heteroatoms. The standard InChI is InChI=1S/C21H44N4O/c1-15(2)23-9-10-25(18(6)12-23)21(7,8)11-17(5)22-19-13-24(16(3)4)14-20(19)26/h15-20,22,26H,9-14H2,1-8H3. The predicted octanol–water partition coefficient (Wildman–Crippen LogP) is 2.00. The molecule has 0 saturated carbocycles. The number of β-amino-alcohol motifs (C(OH)–C–C–N with tert-alkyl or cyclic N) is 1. The Bertz CT molecular complexity index is 440. The Hall–Kier alpha value is -0.200. The Labute approximate surface area is 162 Å². The summed E-state index contributed by atoms with van der Waals surface area (Å²) in [6.07, 6.45) is 0.848. The molecule has 2 fully saturated rings. The maximum atomic E-state index is 10.4. The molecule has 26 heavy (non-hydrogen) atoms. The fourth-order valence-electron chi connectivity index (χ4n) is 5.05. The van der Waals surface area contributed by atoms with E-state index >= 15 is 0 Å². The molecule has 2 aliphatic rings. The number of aliphatic hydroxyl groups excluding tert-OH is 1. The summed E-state index contributed by atoms with van der Waals surface area (Å²) in [5.41, 5.74) is 0.163. The van der Waals surface area contributed by atoms with E-state index in [1.165, 1.54) is 0 Å². The second kappa shape index (κ2) is 8.87. The third kappa shape index (κ3) is 5.41.